The Kier molecular flexibility index (Phi) is 2.99. The second kappa shape index (κ2) is 4.80. The molecule has 0 atom stereocenters. The lowest BCUT2D eigenvalue weighted by atomic mass is 10.1. The third-order valence-electron chi connectivity index (χ3n) is 3.37. The number of hydrogen-bond donors (Lipinski definition) is 0. The Bertz CT molecular complexity index is 629. The van der Waals surface area contributed by atoms with Crippen LogP contribution in [0.25, 0.3) is 5.70 Å². The molecule has 0 radical (unpaired) electrons. The Morgan fingerprint density at radius 3 is 2.89 bits per heavy atom. The lowest BCUT2D eigenvalue weighted by Gasteiger charge is -2.19. The van der Waals surface area contributed by atoms with E-state index < -0.39 is 0 Å². The monoisotopic (exact) mass is 256 g/mol. The summed E-state index contributed by atoms with van der Waals surface area (Å²) in [6, 6.07) is 5.88. The fraction of sp³-hybridized carbons (Fsp3) is 0.267. The van der Waals surface area contributed by atoms with E-state index in [4.69, 9.17) is 9.47 Å². The molecule has 0 spiro atoms. The highest BCUT2D eigenvalue weighted by Gasteiger charge is 2.17. The number of rotatable bonds is 3. The van der Waals surface area contributed by atoms with E-state index in [0.717, 1.165) is 41.4 Å². The maximum atomic E-state index is 5.48. The van der Waals surface area contributed by atoms with Gasteiger partial charge in [0, 0.05) is 30.4 Å². The molecule has 4 heteroatoms. The van der Waals surface area contributed by atoms with Gasteiger partial charge in [-0.15, -0.1) is 0 Å². The number of benzene rings is 1. The molecular formula is C15H16N2O2. The summed E-state index contributed by atoms with van der Waals surface area (Å²) < 4.78 is 12.8. The van der Waals surface area contributed by atoms with E-state index >= 15 is 0 Å². The fourth-order valence-electron chi connectivity index (χ4n) is 2.42. The average molecular weight is 256 g/mol. The maximum absolute atomic E-state index is 5.48. The number of methoxy groups -OCH3 is 2. The fourth-order valence-corrected chi connectivity index (χ4v) is 2.42. The topological polar surface area (TPSA) is 36.3 Å². The van der Waals surface area contributed by atoms with Crippen molar-refractivity contribution < 1.29 is 9.47 Å². The summed E-state index contributed by atoms with van der Waals surface area (Å²) in [5, 5.41) is 0. The quantitative estimate of drug-likeness (QED) is 0.847. The minimum atomic E-state index is 0.794. The number of aryl methyl sites for hydroxylation is 1. The molecule has 1 aliphatic rings. The molecule has 1 aromatic heterocycles. The molecule has 98 valence electrons. The summed E-state index contributed by atoms with van der Waals surface area (Å²) in [5.74, 6) is 2.70. The van der Waals surface area contributed by atoms with E-state index in [0.29, 0.717) is 0 Å². The highest BCUT2D eigenvalue weighted by Crippen LogP contribution is 2.33. The highest BCUT2D eigenvalue weighted by atomic mass is 16.5. The zero-order valence-electron chi connectivity index (χ0n) is 11.1. The molecule has 2 heterocycles. The van der Waals surface area contributed by atoms with E-state index in [9.17, 15) is 0 Å². The molecule has 0 fully saturated rings. The SMILES string of the molecule is COc1ccc(C2=CCCc3nccn32)c(OC)c1. The predicted molar refractivity (Wildman–Crippen MR) is 73.5 cm³/mol. The Morgan fingerprint density at radius 2 is 2.11 bits per heavy atom. The van der Waals surface area contributed by atoms with Gasteiger partial charge in [0.2, 0.25) is 0 Å². The van der Waals surface area contributed by atoms with Crippen molar-refractivity contribution in [3.8, 4) is 11.5 Å². The molecule has 0 aliphatic carbocycles. The normalized spacial score (nSPS) is 13.7. The van der Waals surface area contributed by atoms with Crippen LogP contribution < -0.4 is 9.47 Å². The van der Waals surface area contributed by atoms with Crippen LogP contribution in [0, 0.1) is 0 Å². The van der Waals surface area contributed by atoms with Crippen molar-refractivity contribution in [1.29, 1.82) is 0 Å². The first kappa shape index (κ1) is 11.8. The Morgan fingerprint density at radius 1 is 1.21 bits per heavy atom. The molecule has 1 aliphatic heterocycles. The second-order valence-corrected chi connectivity index (χ2v) is 4.41. The van der Waals surface area contributed by atoms with Crippen molar-refractivity contribution in [3.05, 3.63) is 48.1 Å². The third kappa shape index (κ3) is 1.99. The predicted octanol–water partition coefficient (Wildman–Crippen LogP) is 2.74. The molecule has 19 heavy (non-hydrogen) atoms. The van der Waals surface area contributed by atoms with Crippen LogP contribution >= 0.6 is 0 Å². The summed E-state index contributed by atoms with van der Waals surface area (Å²) in [4.78, 5) is 4.38. The van der Waals surface area contributed by atoms with Gasteiger partial charge in [0.1, 0.15) is 17.3 Å². The van der Waals surface area contributed by atoms with Crippen LogP contribution in [-0.2, 0) is 6.42 Å². The van der Waals surface area contributed by atoms with Crippen LogP contribution in [0.5, 0.6) is 11.5 Å². The smallest absolute Gasteiger partial charge is 0.131 e. The molecule has 4 nitrogen and oxygen atoms in total. The number of allylic oxidation sites excluding steroid dienone is 1. The van der Waals surface area contributed by atoms with Crippen molar-refractivity contribution in [3.63, 3.8) is 0 Å². The Balaban J connectivity index is 2.10. The van der Waals surface area contributed by atoms with Crippen LogP contribution in [0.3, 0.4) is 0 Å². The number of nitrogens with zero attached hydrogens (tertiary/aromatic N) is 2. The van der Waals surface area contributed by atoms with Gasteiger partial charge in [-0.3, -0.25) is 0 Å². The van der Waals surface area contributed by atoms with Crippen molar-refractivity contribution in [2.45, 2.75) is 12.8 Å². The van der Waals surface area contributed by atoms with Gasteiger partial charge in [-0.2, -0.15) is 0 Å². The first-order chi connectivity index (χ1) is 9.33. The zero-order valence-corrected chi connectivity index (χ0v) is 11.1. The molecule has 0 unspecified atom stereocenters. The third-order valence-corrected chi connectivity index (χ3v) is 3.37. The standard InChI is InChI=1S/C15H16N2O2/c1-18-11-6-7-12(14(10-11)19-2)13-4-3-5-15-16-8-9-17(13)15/h4,6-10H,3,5H2,1-2H3. The minimum Gasteiger partial charge on any atom is -0.497 e. The summed E-state index contributed by atoms with van der Waals surface area (Å²) in [5.41, 5.74) is 2.18. The van der Waals surface area contributed by atoms with Gasteiger partial charge in [-0.05, 0) is 18.6 Å². The molecule has 0 bridgehead atoms. The van der Waals surface area contributed by atoms with E-state index in [2.05, 4.69) is 15.6 Å². The van der Waals surface area contributed by atoms with Crippen molar-refractivity contribution in [2.24, 2.45) is 0 Å². The van der Waals surface area contributed by atoms with Gasteiger partial charge >= 0.3 is 0 Å². The first-order valence-corrected chi connectivity index (χ1v) is 6.28. The lowest BCUT2D eigenvalue weighted by Crippen LogP contribution is -2.09. The van der Waals surface area contributed by atoms with Crippen molar-refractivity contribution in [2.75, 3.05) is 14.2 Å². The van der Waals surface area contributed by atoms with E-state index in [1.54, 1.807) is 14.2 Å². The average Bonchev–Trinajstić information content (AvgIpc) is 2.95. The maximum Gasteiger partial charge on any atom is 0.131 e. The number of hydrogen-bond acceptors (Lipinski definition) is 3. The van der Waals surface area contributed by atoms with Crippen LogP contribution in [0.1, 0.15) is 17.8 Å². The Hall–Kier alpha value is -2.23. The van der Waals surface area contributed by atoms with E-state index in [1.165, 1.54) is 0 Å². The molecule has 1 aromatic carbocycles. The molecule has 0 saturated carbocycles. The number of ether oxygens (including phenoxy) is 2. The van der Waals surface area contributed by atoms with Crippen molar-refractivity contribution in [1.82, 2.24) is 9.55 Å². The molecule has 0 N–H and O–H groups in total. The molecule has 3 rings (SSSR count). The summed E-state index contributed by atoms with van der Waals surface area (Å²) in [6.07, 6.45) is 8.03. The summed E-state index contributed by atoms with van der Waals surface area (Å²) >= 11 is 0. The van der Waals surface area contributed by atoms with Crippen LogP contribution in [0.15, 0.2) is 36.7 Å². The molecular weight excluding hydrogens is 240 g/mol. The van der Waals surface area contributed by atoms with Crippen LogP contribution in [-0.4, -0.2) is 23.8 Å². The summed E-state index contributed by atoms with van der Waals surface area (Å²) in [6.45, 7) is 0. The van der Waals surface area contributed by atoms with Gasteiger partial charge in [0.25, 0.3) is 0 Å². The second-order valence-electron chi connectivity index (χ2n) is 4.41. The first-order valence-electron chi connectivity index (χ1n) is 6.28. The molecule has 2 aromatic rings. The van der Waals surface area contributed by atoms with Crippen LogP contribution in [0.2, 0.25) is 0 Å². The molecule has 0 saturated heterocycles. The van der Waals surface area contributed by atoms with Gasteiger partial charge in [0.15, 0.2) is 0 Å². The van der Waals surface area contributed by atoms with Gasteiger partial charge < -0.3 is 14.0 Å². The van der Waals surface area contributed by atoms with Crippen molar-refractivity contribution >= 4 is 5.70 Å². The Labute approximate surface area is 112 Å². The van der Waals surface area contributed by atoms with Crippen LogP contribution in [0.4, 0.5) is 0 Å². The highest BCUT2D eigenvalue weighted by molar-refractivity contribution is 5.72. The zero-order chi connectivity index (χ0) is 13.2. The summed E-state index contributed by atoms with van der Waals surface area (Å²) in [7, 11) is 3.33. The minimum absolute atomic E-state index is 0.794. The van der Waals surface area contributed by atoms with E-state index in [-0.39, 0.29) is 0 Å². The number of fused-ring (bicyclic) bond motifs is 1. The van der Waals surface area contributed by atoms with E-state index in [1.807, 2.05) is 30.6 Å². The number of aromatic nitrogens is 2. The lowest BCUT2D eigenvalue weighted by molar-refractivity contribution is 0.393. The molecule has 0 amide bonds. The van der Waals surface area contributed by atoms with Gasteiger partial charge in [-0.1, -0.05) is 6.08 Å². The van der Waals surface area contributed by atoms with Gasteiger partial charge in [-0.25, -0.2) is 4.98 Å². The largest absolute Gasteiger partial charge is 0.497 e. The number of imidazole rings is 1. The van der Waals surface area contributed by atoms with Gasteiger partial charge in [0.05, 0.1) is 19.9 Å².